The summed E-state index contributed by atoms with van der Waals surface area (Å²) in [4.78, 5) is 24.0. The van der Waals surface area contributed by atoms with Crippen LogP contribution in [-0.4, -0.2) is 24.6 Å². The topological polar surface area (TPSA) is 89.0 Å². The molecular formula is C24H20Br2FN3O4. The fourth-order valence-corrected chi connectivity index (χ4v) is 3.58. The Morgan fingerprint density at radius 2 is 1.71 bits per heavy atom. The van der Waals surface area contributed by atoms with Crippen LogP contribution in [0.15, 0.2) is 74.7 Å². The van der Waals surface area contributed by atoms with Gasteiger partial charge in [0.15, 0.2) is 11.5 Å². The molecule has 3 aromatic carbocycles. The van der Waals surface area contributed by atoms with Crippen LogP contribution in [0.5, 0.6) is 11.5 Å². The summed E-state index contributed by atoms with van der Waals surface area (Å²) in [7, 11) is 0. The van der Waals surface area contributed by atoms with Crippen LogP contribution in [0.1, 0.15) is 18.1 Å². The average molecular weight is 593 g/mol. The number of nitrogens with one attached hydrogen (secondary N) is 2. The van der Waals surface area contributed by atoms with Crippen LogP contribution in [-0.2, 0) is 16.2 Å². The molecule has 0 heterocycles. The second kappa shape index (κ2) is 12.3. The van der Waals surface area contributed by atoms with Gasteiger partial charge in [-0.1, -0.05) is 28.1 Å². The van der Waals surface area contributed by atoms with Gasteiger partial charge in [-0.15, -0.1) is 0 Å². The molecule has 0 spiro atoms. The maximum Gasteiger partial charge on any atom is 0.329 e. The van der Waals surface area contributed by atoms with Crippen molar-refractivity contribution >= 4 is 55.6 Å². The summed E-state index contributed by atoms with van der Waals surface area (Å²) in [6.07, 6.45) is 1.38. The van der Waals surface area contributed by atoms with Crippen molar-refractivity contribution in [3.63, 3.8) is 0 Å². The summed E-state index contributed by atoms with van der Waals surface area (Å²) in [5, 5.41) is 6.33. The lowest BCUT2D eigenvalue weighted by atomic mass is 10.2. The fourth-order valence-electron chi connectivity index (χ4n) is 2.74. The van der Waals surface area contributed by atoms with E-state index in [2.05, 4.69) is 47.7 Å². The largest absolute Gasteiger partial charge is 0.490 e. The van der Waals surface area contributed by atoms with E-state index < -0.39 is 11.8 Å². The molecule has 3 aromatic rings. The summed E-state index contributed by atoms with van der Waals surface area (Å²) in [5.74, 6) is -1.15. The van der Waals surface area contributed by atoms with Crippen LogP contribution < -0.4 is 20.2 Å². The van der Waals surface area contributed by atoms with Crippen molar-refractivity contribution in [3.05, 3.63) is 86.6 Å². The Morgan fingerprint density at radius 1 is 1.00 bits per heavy atom. The SMILES string of the molecule is CCOc1cc(C=NNC(=O)C(=O)Nc2ccc(Br)cc2)cc(Br)c1OCc1ccc(F)cc1. The van der Waals surface area contributed by atoms with Gasteiger partial charge in [0.05, 0.1) is 17.3 Å². The molecular weight excluding hydrogens is 573 g/mol. The number of carbonyl (C=O) groups is 2. The molecule has 0 aliphatic rings. The third-order valence-electron chi connectivity index (χ3n) is 4.32. The van der Waals surface area contributed by atoms with Crippen molar-refractivity contribution in [1.29, 1.82) is 0 Å². The number of hydrazone groups is 1. The minimum absolute atomic E-state index is 0.218. The molecule has 0 unspecified atom stereocenters. The van der Waals surface area contributed by atoms with Crippen LogP contribution in [0, 0.1) is 5.82 Å². The van der Waals surface area contributed by atoms with E-state index in [9.17, 15) is 14.0 Å². The zero-order valence-electron chi connectivity index (χ0n) is 18.0. The van der Waals surface area contributed by atoms with Gasteiger partial charge in [0.1, 0.15) is 12.4 Å². The molecule has 0 aliphatic carbocycles. The fraction of sp³-hybridized carbons (Fsp3) is 0.125. The molecule has 176 valence electrons. The van der Waals surface area contributed by atoms with E-state index in [4.69, 9.17) is 9.47 Å². The predicted molar refractivity (Wildman–Crippen MR) is 135 cm³/mol. The number of nitrogens with zero attached hydrogens (tertiary/aromatic N) is 1. The highest BCUT2D eigenvalue weighted by atomic mass is 79.9. The third-order valence-corrected chi connectivity index (χ3v) is 5.43. The normalized spacial score (nSPS) is 10.7. The Hall–Kier alpha value is -3.24. The van der Waals surface area contributed by atoms with E-state index in [1.165, 1.54) is 18.3 Å². The average Bonchev–Trinajstić information content (AvgIpc) is 2.81. The molecule has 0 saturated carbocycles. The van der Waals surface area contributed by atoms with Gasteiger partial charge in [0, 0.05) is 10.2 Å². The Balaban J connectivity index is 1.64. The summed E-state index contributed by atoms with van der Waals surface area (Å²) >= 11 is 6.76. The smallest absolute Gasteiger partial charge is 0.329 e. The van der Waals surface area contributed by atoms with Gasteiger partial charge in [0.2, 0.25) is 0 Å². The number of halogens is 3. The van der Waals surface area contributed by atoms with E-state index in [0.29, 0.717) is 33.8 Å². The van der Waals surface area contributed by atoms with E-state index in [1.807, 2.05) is 6.92 Å². The molecule has 2 N–H and O–H groups in total. The summed E-state index contributed by atoms with van der Waals surface area (Å²) in [6, 6.07) is 16.2. The van der Waals surface area contributed by atoms with Crippen LogP contribution in [0.3, 0.4) is 0 Å². The van der Waals surface area contributed by atoms with Crippen molar-refractivity contribution in [2.75, 3.05) is 11.9 Å². The Kier molecular flexibility index (Phi) is 9.17. The highest BCUT2D eigenvalue weighted by Gasteiger charge is 2.14. The highest BCUT2D eigenvalue weighted by molar-refractivity contribution is 9.10. The zero-order chi connectivity index (χ0) is 24.5. The van der Waals surface area contributed by atoms with Gasteiger partial charge < -0.3 is 14.8 Å². The molecule has 0 aliphatic heterocycles. The van der Waals surface area contributed by atoms with E-state index >= 15 is 0 Å². The van der Waals surface area contributed by atoms with Gasteiger partial charge in [-0.3, -0.25) is 9.59 Å². The Labute approximate surface area is 212 Å². The van der Waals surface area contributed by atoms with Crippen LogP contribution >= 0.6 is 31.9 Å². The van der Waals surface area contributed by atoms with Crippen molar-refractivity contribution < 1.29 is 23.5 Å². The Morgan fingerprint density at radius 3 is 2.38 bits per heavy atom. The first-order chi connectivity index (χ1) is 16.4. The standard InChI is InChI=1S/C24H20Br2FN3O4/c1-2-33-21-12-16(11-20(26)22(21)34-14-15-3-7-18(27)8-4-15)13-28-30-24(32)23(31)29-19-9-5-17(25)6-10-19/h3-13H,2,14H2,1H3,(H,29,31)(H,30,32). The molecule has 34 heavy (non-hydrogen) atoms. The maximum absolute atomic E-state index is 13.1. The maximum atomic E-state index is 13.1. The van der Waals surface area contributed by atoms with Crippen LogP contribution in [0.4, 0.5) is 10.1 Å². The van der Waals surface area contributed by atoms with Crippen molar-refractivity contribution in [3.8, 4) is 11.5 Å². The van der Waals surface area contributed by atoms with Crippen LogP contribution in [0.2, 0.25) is 0 Å². The number of benzene rings is 3. The molecule has 2 amide bonds. The number of carbonyl (C=O) groups excluding carboxylic acids is 2. The molecule has 0 radical (unpaired) electrons. The summed E-state index contributed by atoms with van der Waals surface area (Å²) < 4.78 is 26.1. The first kappa shape index (κ1) is 25.4. The van der Waals surface area contributed by atoms with Crippen molar-refractivity contribution in [2.24, 2.45) is 5.10 Å². The van der Waals surface area contributed by atoms with Gasteiger partial charge in [0.25, 0.3) is 0 Å². The number of anilines is 1. The molecule has 0 aromatic heterocycles. The zero-order valence-corrected chi connectivity index (χ0v) is 21.2. The first-order valence-corrected chi connectivity index (χ1v) is 11.7. The van der Waals surface area contributed by atoms with Gasteiger partial charge in [-0.2, -0.15) is 5.10 Å². The highest BCUT2D eigenvalue weighted by Crippen LogP contribution is 2.37. The molecule has 0 fully saturated rings. The quantitative estimate of drug-likeness (QED) is 0.208. The van der Waals surface area contributed by atoms with E-state index in [-0.39, 0.29) is 12.4 Å². The van der Waals surface area contributed by atoms with Gasteiger partial charge in [-0.25, -0.2) is 9.82 Å². The minimum Gasteiger partial charge on any atom is -0.490 e. The molecule has 0 saturated heterocycles. The van der Waals surface area contributed by atoms with E-state index in [0.717, 1.165) is 10.0 Å². The molecule has 10 heteroatoms. The number of rotatable bonds is 8. The lowest BCUT2D eigenvalue weighted by Gasteiger charge is -2.14. The number of hydrogen-bond acceptors (Lipinski definition) is 5. The van der Waals surface area contributed by atoms with Crippen LogP contribution in [0.25, 0.3) is 0 Å². The Bertz CT molecular complexity index is 1190. The second-order valence-corrected chi connectivity index (χ2v) is 8.61. The van der Waals surface area contributed by atoms with E-state index in [1.54, 1.807) is 48.5 Å². The van der Waals surface area contributed by atoms with Crippen molar-refractivity contribution in [2.45, 2.75) is 13.5 Å². The first-order valence-electron chi connectivity index (χ1n) is 10.1. The summed E-state index contributed by atoms with van der Waals surface area (Å²) in [5.41, 5.74) is 4.06. The van der Waals surface area contributed by atoms with Crippen molar-refractivity contribution in [1.82, 2.24) is 5.43 Å². The molecule has 0 atom stereocenters. The molecule has 3 rings (SSSR count). The predicted octanol–water partition coefficient (Wildman–Crippen LogP) is 5.42. The summed E-state index contributed by atoms with van der Waals surface area (Å²) in [6.45, 7) is 2.45. The van der Waals surface area contributed by atoms with Gasteiger partial charge in [-0.05, 0) is 82.5 Å². The lowest BCUT2D eigenvalue weighted by Crippen LogP contribution is -2.32. The number of amides is 2. The molecule has 7 nitrogen and oxygen atoms in total. The number of hydrogen-bond donors (Lipinski definition) is 2. The second-order valence-electron chi connectivity index (χ2n) is 6.84. The third kappa shape index (κ3) is 7.39. The minimum atomic E-state index is -0.914. The van der Waals surface area contributed by atoms with Gasteiger partial charge >= 0.3 is 11.8 Å². The monoisotopic (exact) mass is 591 g/mol. The molecule has 0 bridgehead atoms. The number of ether oxygens (including phenoxy) is 2. The lowest BCUT2D eigenvalue weighted by molar-refractivity contribution is -0.136.